The number of hydrogen-bond acceptors (Lipinski definition) is 2. The minimum absolute atomic E-state index is 0.281. The lowest BCUT2D eigenvalue weighted by Crippen LogP contribution is -2.41. The first-order valence-corrected chi connectivity index (χ1v) is 7.55. The van der Waals surface area contributed by atoms with Gasteiger partial charge in [-0.25, -0.2) is 0 Å². The van der Waals surface area contributed by atoms with Crippen molar-refractivity contribution in [3.05, 3.63) is 35.4 Å². The van der Waals surface area contributed by atoms with Crippen LogP contribution in [0.4, 0.5) is 13.2 Å². The maximum atomic E-state index is 12.7. The van der Waals surface area contributed by atoms with Gasteiger partial charge in [-0.3, -0.25) is 4.99 Å². The van der Waals surface area contributed by atoms with E-state index in [0.717, 1.165) is 18.7 Å². The molecule has 130 valence electrons. The lowest BCUT2D eigenvalue weighted by Gasteiger charge is -2.21. The van der Waals surface area contributed by atoms with E-state index in [2.05, 4.69) is 34.4 Å². The zero-order valence-corrected chi connectivity index (χ0v) is 14.0. The molecule has 0 fully saturated rings. The summed E-state index contributed by atoms with van der Waals surface area (Å²) in [5, 5.41) is 6.17. The second kappa shape index (κ2) is 8.76. The molecule has 0 unspecified atom stereocenters. The maximum Gasteiger partial charge on any atom is 0.416 e. The molecular formula is C16H25F3N4. The molecule has 0 aromatic heterocycles. The Kier molecular flexibility index (Phi) is 7.35. The largest absolute Gasteiger partial charge is 0.416 e. The average molecular weight is 330 g/mol. The van der Waals surface area contributed by atoms with Gasteiger partial charge in [-0.05, 0) is 38.6 Å². The number of nitrogens with zero attached hydrogens (tertiary/aromatic N) is 2. The number of alkyl halides is 3. The van der Waals surface area contributed by atoms with Crippen molar-refractivity contribution in [3.8, 4) is 0 Å². The van der Waals surface area contributed by atoms with E-state index in [-0.39, 0.29) is 6.54 Å². The Bertz CT molecular complexity index is 512. The summed E-state index contributed by atoms with van der Waals surface area (Å²) in [4.78, 5) is 6.26. The van der Waals surface area contributed by atoms with E-state index in [0.29, 0.717) is 24.1 Å². The van der Waals surface area contributed by atoms with Gasteiger partial charge in [0.25, 0.3) is 0 Å². The molecule has 1 aromatic carbocycles. The van der Waals surface area contributed by atoms with Crippen LogP contribution in [0.2, 0.25) is 0 Å². The van der Waals surface area contributed by atoms with Gasteiger partial charge in [0.2, 0.25) is 0 Å². The number of benzene rings is 1. The minimum atomic E-state index is -4.32. The molecule has 23 heavy (non-hydrogen) atoms. The van der Waals surface area contributed by atoms with Crippen LogP contribution >= 0.6 is 0 Å². The van der Waals surface area contributed by atoms with Gasteiger partial charge in [-0.1, -0.05) is 12.1 Å². The van der Waals surface area contributed by atoms with Gasteiger partial charge in [0.05, 0.1) is 5.56 Å². The molecule has 0 amide bonds. The highest BCUT2D eigenvalue weighted by molar-refractivity contribution is 5.79. The minimum Gasteiger partial charge on any atom is -0.355 e. The second-order valence-electron chi connectivity index (χ2n) is 5.63. The van der Waals surface area contributed by atoms with Crippen LogP contribution in [-0.4, -0.2) is 44.1 Å². The molecule has 4 nitrogen and oxygen atoms in total. The Morgan fingerprint density at radius 1 is 1.26 bits per heavy atom. The van der Waals surface area contributed by atoms with Crippen molar-refractivity contribution in [2.45, 2.75) is 32.6 Å². The first-order chi connectivity index (χ1) is 10.7. The molecule has 0 aliphatic heterocycles. The van der Waals surface area contributed by atoms with Gasteiger partial charge >= 0.3 is 6.18 Å². The summed E-state index contributed by atoms with van der Waals surface area (Å²) in [6.07, 6.45) is -4.32. The van der Waals surface area contributed by atoms with Gasteiger partial charge < -0.3 is 15.5 Å². The number of halogens is 3. The molecule has 0 heterocycles. The summed E-state index contributed by atoms with van der Waals surface area (Å²) < 4.78 is 38.0. The molecule has 0 saturated heterocycles. The Balaban J connectivity index is 2.49. The number of likely N-dealkylation sites (N-methyl/N-ethyl adjacent to an activating group) is 1. The fourth-order valence-corrected chi connectivity index (χ4v) is 1.87. The predicted molar refractivity (Wildman–Crippen MR) is 87.4 cm³/mol. The van der Waals surface area contributed by atoms with E-state index in [1.807, 2.05) is 7.05 Å². The van der Waals surface area contributed by atoms with Crippen molar-refractivity contribution in [2.75, 3.05) is 27.2 Å². The van der Waals surface area contributed by atoms with Crippen LogP contribution < -0.4 is 10.6 Å². The zero-order valence-electron chi connectivity index (χ0n) is 14.0. The van der Waals surface area contributed by atoms with Crippen molar-refractivity contribution < 1.29 is 13.2 Å². The van der Waals surface area contributed by atoms with Gasteiger partial charge in [-0.2, -0.15) is 13.2 Å². The molecule has 7 heteroatoms. The van der Waals surface area contributed by atoms with Crippen LogP contribution in [0.3, 0.4) is 0 Å². The van der Waals surface area contributed by atoms with E-state index in [4.69, 9.17) is 0 Å². The Morgan fingerprint density at radius 2 is 1.96 bits per heavy atom. The molecular weight excluding hydrogens is 305 g/mol. The topological polar surface area (TPSA) is 39.7 Å². The Morgan fingerprint density at radius 3 is 2.52 bits per heavy atom. The quantitative estimate of drug-likeness (QED) is 0.622. The summed E-state index contributed by atoms with van der Waals surface area (Å²) in [5.41, 5.74) is -0.0830. The summed E-state index contributed by atoms with van der Waals surface area (Å²) in [7, 11) is 3.67. The molecule has 0 aliphatic rings. The van der Waals surface area contributed by atoms with Gasteiger partial charge in [0.1, 0.15) is 0 Å². The fourth-order valence-electron chi connectivity index (χ4n) is 1.87. The highest BCUT2D eigenvalue weighted by Gasteiger charge is 2.30. The number of guanidine groups is 1. The zero-order chi connectivity index (χ0) is 17.5. The smallest absolute Gasteiger partial charge is 0.355 e. The maximum absolute atomic E-state index is 12.7. The van der Waals surface area contributed by atoms with E-state index in [1.54, 1.807) is 13.1 Å². The Hall–Kier alpha value is -1.76. The predicted octanol–water partition coefficient (Wildman–Crippen LogP) is 2.71. The van der Waals surface area contributed by atoms with Crippen molar-refractivity contribution in [1.29, 1.82) is 0 Å². The van der Waals surface area contributed by atoms with E-state index < -0.39 is 11.7 Å². The van der Waals surface area contributed by atoms with E-state index in [1.165, 1.54) is 6.07 Å². The van der Waals surface area contributed by atoms with Crippen LogP contribution in [0.1, 0.15) is 25.0 Å². The molecule has 0 bridgehead atoms. The van der Waals surface area contributed by atoms with Crippen LogP contribution in [-0.2, 0) is 12.7 Å². The van der Waals surface area contributed by atoms with Gasteiger partial charge in [0.15, 0.2) is 5.96 Å². The number of nitrogens with one attached hydrogen (secondary N) is 2. The van der Waals surface area contributed by atoms with E-state index in [9.17, 15) is 13.2 Å². The van der Waals surface area contributed by atoms with Gasteiger partial charge in [-0.15, -0.1) is 0 Å². The van der Waals surface area contributed by atoms with Crippen molar-refractivity contribution in [3.63, 3.8) is 0 Å². The molecule has 1 aromatic rings. The molecule has 0 radical (unpaired) electrons. The third-order valence-corrected chi connectivity index (χ3v) is 3.58. The summed E-state index contributed by atoms with van der Waals surface area (Å²) in [5.74, 6) is 0.569. The number of rotatable bonds is 6. The van der Waals surface area contributed by atoms with Crippen molar-refractivity contribution in [1.82, 2.24) is 15.5 Å². The average Bonchev–Trinajstić information content (AvgIpc) is 2.49. The molecule has 0 spiro atoms. The standard InChI is InChI=1S/C16H25F3N4/c1-12(2)23(4)9-8-21-15(20-3)22-11-13-6-5-7-14(10-13)16(17,18)19/h5-7,10,12H,8-9,11H2,1-4H3,(H2,20,21,22). The molecule has 0 atom stereocenters. The summed E-state index contributed by atoms with van der Waals surface area (Å²) in [6.45, 7) is 6.06. The molecule has 0 aliphatic carbocycles. The first kappa shape index (κ1) is 19.3. The lowest BCUT2D eigenvalue weighted by atomic mass is 10.1. The lowest BCUT2D eigenvalue weighted by molar-refractivity contribution is -0.137. The van der Waals surface area contributed by atoms with Crippen LogP contribution in [0.5, 0.6) is 0 Å². The molecule has 2 N–H and O–H groups in total. The monoisotopic (exact) mass is 330 g/mol. The van der Waals surface area contributed by atoms with Crippen LogP contribution in [0.25, 0.3) is 0 Å². The number of hydrogen-bond donors (Lipinski definition) is 2. The molecule has 0 saturated carbocycles. The first-order valence-electron chi connectivity index (χ1n) is 7.55. The fraction of sp³-hybridized carbons (Fsp3) is 0.562. The van der Waals surface area contributed by atoms with Gasteiger partial charge in [0, 0.05) is 32.7 Å². The number of aliphatic imine (C=N–C) groups is 1. The highest BCUT2D eigenvalue weighted by atomic mass is 19.4. The van der Waals surface area contributed by atoms with Crippen molar-refractivity contribution >= 4 is 5.96 Å². The summed E-state index contributed by atoms with van der Waals surface area (Å²) >= 11 is 0. The third kappa shape index (κ3) is 6.90. The summed E-state index contributed by atoms with van der Waals surface area (Å²) in [6, 6.07) is 5.73. The second-order valence-corrected chi connectivity index (χ2v) is 5.63. The van der Waals surface area contributed by atoms with Crippen molar-refractivity contribution in [2.24, 2.45) is 4.99 Å². The normalized spacial score (nSPS) is 12.8. The Labute approximate surface area is 135 Å². The third-order valence-electron chi connectivity index (χ3n) is 3.58. The van der Waals surface area contributed by atoms with Crippen LogP contribution in [0.15, 0.2) is 29.3 Å². The van der Waals surface area contributed by atoms with Crippen LogP contribution in [0, 0.1) is 0 Å². The highest BCUT2D eigenvalue weighted by Crippen LogP contribution is 2.29. The SMILES string of the molecule is CN=C(NCCN(C)C(C)C)NCc1cccc(C(F)(F)F)c1. The molecule has 1 rings (SSSR count). The van der Waals surface area contributed by atoms with E-state index >= 15 is 0 Å².